The molecule has 4 rings (SSSR count). The zero-order valence-electron chi connectivity index (χ0n) is 18.8. The van der Waals surface area contributed by atoms with Crippen LogP contribution >= 0.6 is 11.3 Å². The maximum absolute atomic E-state index is 13.1. The first-order chi connectivity index (χ1) is 15.9. The van der Waals surface area contributed by atoms with Crippen LogP contribution in [0.3, 0.4) is 0 Å². The molecule has 2 aromatic rings. The second kappa shape index (κ2) is 10.1. The quantitative estimate of drug-likeness (QED) is 0.512. The maximum Gasteiger partial charge on any atom is 0.341 e. The van der Waals surface area contributed by atoms with E-state index in [0.717, 1.165) is 24.8 Å². The SMILES string of the molecule is CCCCc1ccc(-c2csc(NC(=O)[C@H]3[C@H](C(=O)O)[C@H]4CC[C@H]3O4)c2C(=O)OCC)cc1. The lowest BCUT2D eigenvalue weighted by Gasteiger charge is -2.23. The Balaban J connectivity index is 1.61. The van der Waals surface area contributed by atoms with Crippen molar-refractivity contribution in [3.63, 3.8) is 0 Å². The highest BCUT2D eigenvalue weighted by Crippen LogP contribution is 2.45. The number of fused-ring (bicyclic) bond motifs is 2. The van der Waals surface area contributed by atoms with Crippen molar-refractivity contribution in [1.29, 1.82) is 0 Å². The largest absolute Gasteiger partial charge is 0.481 e. The number of esters is 1. The molecular formula is C25H29NO6S. The van der Waals surface area contributed by atoms with Gasteiger partial charge in [0.2, 0.25) is 5.91 Å². The van der Waals surface area contributed by atoms with E-state index in [4.69, 9.17) is 9.47 Å². The first-order valence-electron chi connectivity index (χ1n) is 11.5. The molecular weight excluding hydrogens is 442 g/mol. The first-order valence-corrected chi connectivity index (χ1v) is 12.4. The molecule has 0 spiro atoms. The summed E-state index contributed by atoms with van der Waals surface area (Å²) in [5, 5.41) is 14.7. The number of amides is 1. The molecule has 0 radical (unpaired) electrons. The summed E-state index contributed by atoms with van der Waals surface area (Å²) >= 11 is 1.24. The molecule has 1 amide bonds. The summed E-state index contributed by atoms with van der Waals surface area (Å²) in [6, 6.07) is 8.07. The van der Waals surface area contributed by atoms with Crippen LogP contribution < -0.4 is 5.32 Å². The van der Waals surface area contributed by atoms with Crippen LogP contribution in [-0.2, 0) is 25.5 Å². The van der Waals surface area contributed by atoms with Gasteiger partial charge < -0.3 is 19.9 Å². The molecule has 1 aromatic carbocycles. The monoisotopic (exact) mass is 471 g/mol. The van der Waals surface area contributed by atoms with E-state index in [2.05, 4.69) is 24.4 Å². The van der Waals surface area contributed by atoms with Crippen molar-refractivity contribution in [1.82, 2.24) is 0 Å². The Kier molecular flexibility index (Phi) is 7.14. The summed E-state index contributed by atoms with van der Waals surface area (Å²) in [6.45, 7) is 4.09. The Morgan fingerprint density at radius 1 is 1.12 bits per heavy atom. The van der Waals surface area contributed by atoms with Crippen molar-refractivity contribution in [2.24, 2.45) is 11.8 Å². The van der Waals surface area contributed by atoms with E-state index in [1.165, 1.54) is 16.9 Å². The fourth-order valence-corrected chi connectivity index (χ4v) is 5.78. The number of carboxylic acid groups (broad SMARTS) is 1. The van der Waals surface area contributed by atoms with Gasteiger partial charge in [-0.15, -0.1) is 11.3 Å². The molecule has 2 N–H and O–H groups in total. The standard InChI is InChI=1S/C25H29NO6S/c1-3-5-6-14-7-9-15(10-8-14)16-13-33-23(19(16)25(30)31-4-2)26-22(27)20-17-11-12-18(32-17)21(20)24(28)29/h7-10,13,17-18,20-21H,3-6,11-12H2,1-2H3,(H,26,27)(H,28,29)/t17-,18-,20-,21-/m1/s1. The highest BCUT2D eigenvalue weighted by Gasteiger charge is 2.55. The number of unbranched alkanes of at least 4 members (excludes halogenated alkanes) is 1. The van der Waals surface area contributed by atoms with Crippen LogP contribution in [-0.4, -0.2) is 41.8 Å². The number of rotatable bonds is 9. The number of hydrogen-bond donors (Lipinski definition) is 2. The van der Waals surface area contributed by atoms with E-state index in [1.54, 1.807) is 6.92 Å². The van der Waals surface area contributed by atoms with Gasteiger partial charge >= 0.3 is 11.9 Å². The lowest BCUT2D eigenvalue weighted by atomic mass is 9.79. The van der Waals surface area contributed by atoms with Gasteiger partial charge in [0, 0.05) is 10.9 Å². The number of nitrogens with one attached hydrogen (secondary N) is 1. The van der Waals surface area contributed by atoms with Gasteiger partial charge in [0.1, 0.15) is 10.6 Å². The van der Waals surface area contributed by atoms with Crippen LogP contribution in [0.1, 0.15) is 55.5 Å². The van der Waals surface area contributed by atoms with Crippen molar-refractivity contribution in [2.45, 2.75) is 58.2 Å². The maximum atomic E-state index is 13.1. The zero-order chi connectivity index (χ0) is 23.5. The fraction of sp³-hybridized carbons (Fsp3) is 0.480. The molecule has 1 aromatic heterocycles. The zero-order valence-corrected chi connectivity index (χ0v) is 19.7. The fourth-order valence-electron chi connectivity index (χ4n) is 4.82. The van der Waals surface area contributed by atoms with Crippen molar-refractivity contribution < 1.29 is 29.0 Å². The van der Waals surface area contributed by atoms with Crippen LogP contribution in [0.15, 0.2) is 29.6 Å². The van der Waals surface area contributed by atoms with Gasteiger partial charge in [0.25, 0.3) is 0 Å². The Morgan fingerprint density at radius 2 is 1.82 bits per heavy atom. The Bertz CT molecular complexity index is 1030. The average molecular weight is 472 g/mol. The number of carbonyl (C=O) groups is 3. The molecule has 33 heavy (non-hydrogen) atoms. The molecule has 2 bridgehead atoms. The van der Waals surface area contributed by atoms with Crippen LogP contribution in [0.2, 0.25) is 0 Å². The third-order valence-electron chi connectivity index (χ3n) is 6.45. The predicted octanol–water partition coefficient (Wildman–Crippen LogP) is 4.75. The molecule has 4 atom stereocenters. The van der Waals surface area contributed by atoms with E-state index in [1.807, 2.05) is 17.5 Å². The lowest BCUT2D eigenvalue weighted by molar-refractivity contribution is -0.147. The Morgan fingerprint density at radius 3 is 2.45 bits per heavy atom. The number of aliphatic carboxylic acids is 1. The van der Waals surface area contributed by atoms with E-state index in [9.17, 15) is 19.5 Å². The second-order valence-electron chi connectivity index (χ2n) is 8.54. The van der Waals surface area contributed by atoms with Gasteiger partial charge in [-0.05, 0) is 43.7 Å². The van der Waals surface area contributed by atoms with E-state index >= 15 is 0 Å². The molecule has 2 aliphatic rings. The number of ether oxygens (including phenoxy) is 2. The summed E-state index contributed by atoms with van der Waals surface area (Å²) < 4.78 is 11.0. The average Bonchev–Trinajstić information content (AvgIpc) is 3.52. The van der Waals surface area contributed by atoms with Crippen molar-refractivity contribution in [3.8, 4) is 11.1 Å². The highest BCUT2D eigenvalue weighted by atomic mass is 32.1. The lowest BCUT2D eigenvalue weighted by Crippen LogP contribution is -2.41. The summed E-state index contributed by atoms with van der Waals surface area (Å²) in [4.78, 5) is 37.8. The van der Waals surface area contributed by atoms with Crippen LogP contribution in [0.25, 0.3) is 11.1 Å². The summed E-state index contributed by atoms with van der Waals surface area (Å²) in [6.07, 6.45) is 3.72. The number of carbonyl (C=O) groups excluding carboxylic acids is 2. The van der Waals surface area contributed by atoms with Crippen molar-refractivity contribution in [3.05, 3.63) is 40.8 Å². The molecule has 2 fully saturated rings. The van der Waals surface area contributed by atoms with Crippen LogP contribution in [0, 0.1) is 11.8 Å². The van der Waals surface area contributed by atoms with Crippen LogP contribution in [0.4, 0.5) is 5.00 Å². The number of anilines is 1. The third kappa shape index (κ3) is 4.68. The molecule has 3 heterocycles. The minimum atomic E-state index is -1.03. The van der Waals surface area contributed by atoms with Crippen LogP contribution in [0.5, 0.6) is 0 Å². The molecule has 0 saturated carbocycles. The van der Waals surface area contributed by atoms with Gasteiger partial charge in [-0.25, -0.2) is 4.79 Å². The molecule has 8 heteroatoms. The number of aryl methyl sites for hydroxylation is 1. The smallest absolute Gasteiger partial charge is 0.341 e. The third-order valence-corrected chi connectivity index (χ3v) is 7.35. The van der Waals surface area contributed by atoms with Crippen molar-refractivity contribution >= 4 is 34.2 Å². The second-order valence-corrected chi connectivity index (χ2v) is 9.42. The number of benzene rings is 1. The van der Waals surface area contributed by atoms with Crippen molar-refractivity contribution in [2.75, 3.05) is 11.9 Å². The van der Waals surface area contributed by atoms with Gasteiger partial charge in [0.15, 0.2) is 0 Å². The topological polar surface area (TPSA) is 102 Å². The minimum absolute atomic E-state index is 0.207. The normalized spacial score (nSPS) is 23.5. The molecule has 7 nitrogen and oxygen atoms in total. The molecule has 2 aliphatic heterocycles. The van der Waals surface area contributed by atoms with E-state index in [-0.39, 0.29) is 6.61 Å². The first kappa shape index (κ1) is 23.4. The Labute approximate surface area is 197 Å². The van der Waals surface area contributed by atoms with Gasteiger partial charge in [-0.3, -0.25) is 9.59 Å². The van der Waals surface area contributed by atoms with Gasteiger partial charge in [0.05, 0.1) is 30.7 Å². The molecule has 0 unspecified atom stereocenters. The summed E-state index contributed by atoms with van der Waals surface area (Å²) in [5.74, 6) is -3.62. The summed E-state index contributed by atoms with van der Waals surface area (Å²) in [5.41, 5.74) is 3.09. The summed E-state index contributed by atoms with van der Waals surface area (Å²) in [7, 11) is 0. The molecule has 0 aliphatic carbocycles. The number of thiophene rings is 1. The highest BCUT2D eigenvalue weighted by molar-refractivity contribution is 7.15. The van der Waals surface area contributed by atoms with Gasteiger partial charge in [-0.1, -0.05) is 37.6 Å². The molecule has 176 valence electrons. The number of hydrogen-bond acceptors (Lipinski definition) is 6. The predicted molar refractivity (Wildman–Crippen MR) is 125 cm³/mol. The van der Waals surface area contributed by atoms with E-state index < -0.39 is 41.9 Å². The Hall–Kier alpha value is -2.71. The minimum Gasteiger partial charge on any atom is -0.481 e. The van der Waals surface area contributed by atoms with E-state index in [0.29, 0.717) is 29.0 Å². The number of carboxylic acids is 1. The molecule has 2 saturated heterocycles. The van der Waals surface area contributed by atoms with Gasteiger partial charge in [-0.2, -0.15) is 0 Å².